The van der Waals surface area contributed by atoms with Crippen LogP contribution in [0.2, 0.25) is 0 Å². The molecule has 4 rings (SSSR count). The highest BCUT2D eigenvalue weighted by Gasteiger charge is 2.33. The average molecular weight is 479 g/mol. The Hall–Kier alpha value is -2.62. The van der Waals surface area contributed by atoms with Crippen molar-refractivity contribution in [1.29, 1.82) is 0 Å². The Balaban J connectivity index is 1.30. The second-order valence-electron chi connectivity index (χ2n) is 8.73. The number of piperazine rings is 1. The summed E-state index contributed by atoms with van der Waals surface area (Å²) in [6, 6.07) is 4.77. The van der Waals surface area contributed by atoms with Crippen LogP contribution in [0.4, 0.5) is 25.4 Å². The summed E-state index contributed by atoms with van der Waals surface area (Å²) in [6.45, 7) is 4.85. The molecule has 0 unspecified atom stereocenters. The van der Waals surface area contributed by atoms with Gasteiger partial charge in [0, 0.05) is 32.6 Å². The predicted molar refractivity (Wildman–Crippen MR) is 127 cm³/mol. The quantitative estimate of drug-likeness (QED) is 0.601. The molecule has 33 heavy (non-hydrogen) atoms. The van der Waals surface area contributed by atoms with Crippen LogP contribution in [0, 0.1) is 11.7 Å². The number of halogens is 1. The van der Waals surface area contributed by atoms with Gasteiger partial charge in [-0.3, -0.25) is 4.90 Å². The van der Waals surface area contributed by atoms with E-state index in [9.17, 15) is 14.0 Å². The number of carbonyl (C=O) groups is 2. The molecule has 2 saturated heterocycles. The molecule has 1 aliphatic carbocycles. The monoisotopic (exact) mass is 478 g/mol. The van der Waals surface area contributed by atoms with Gasteiger partial charge in [-0.1, -0.05) is 31.5 Å². The van der Waals surface area contributed by atoms with Gasteiger partial charge in [-0.2, -0.15) is 0 Å². The Labute approximate surface area is 199 Å². The largest absolute Gasteiger partial charge is 0.450 e. The van der Waals surface area contributed by atoms with Gasteiger partial charge in [0.05, 0.1) is 36.1 Å². The number of amides is 2. The highest BCUT2D eigenvalue weighted by molar-refractivity contribution is 7.80. The lowest BCUT2D eigenvalue weighted by atomic mass is 9.83. The molecule has 2 amide bonds. The van der Waals surface area contributed by atoms with Crippen molar-refractivity contribution in [3.05, 3.63) is 24.0 Å². The summed E-state index contributed by atoms with van der Waals surface area (Å²) >= 11 is 5.40. The number of ether oxygens (including phenoxy) is 2. The number of rotatable bonds is 7. The Morgan fingerprint density at radius 3 is 2.67 bits per heavy atom. The molecule has 1 N–H and O–H groups in total. The number of benzene rings is 1. The first kappa shape index (κ1) is 23.5. The van der Waals surface area contributed by atoms with Crippen molar-refractivity contribution in [2.24, 2.45) is 5.92 Å². The van der Waals surface area contributed by atoms with Crippen LogP contribution in [0.1, 0.15) is 32.6 Å². The van der Waals surface area contributed by atoms with Crippen LogP contribution in [0.15, 0.2) is 18.2 Å². The van der Waals surface area contributed by atoms with Gasteiger partial charge >= 0.3 is 12.2 Å². The third-order valence-electron chi connectivity index (χ3n) is 6.49. The van der Waals surface area contributed by atoms with E-state index in [1.54, 1.807) is 24.0 Å². The molecule has 1 atom stereocenters. The minimum atomic E-state index is -0.484. The zero-order chi connectivity index (χ0) is 23.4. The Morgan fingerprint density at radius 1 is 1.27 bits per heavy atom. The third kappa shape index (κ3) is 5.66. The van der Waals surface area contributed by atoms with Crippen molar-refractivity contribution >= 4 is 40.8 Å². The average Bonchev–Trinajstić information content (AvgIpc) is 3.15. The van der Waals surface area contributed by atoms with E-state index >= 15 is 0 Å². The van der Waals surface area contributed by atoms with E-state index in [1.165, 1.54) is 30.2 Å². The summed E-state index contributed by atoms with van der Waals surface area (Å²) < 4.78 is 25.4. The van der Waals surface area contributed by atoms with Crippen molar-refractivity contribution in [2.45, 2.75) is 38.7 Å². The van der Waals surface area contributed by atoms with E-state index in [0.717, 1.165) is 11.4 Å². The highest BCUT2D eigenvalue weighted by Crippen LogP contribution is 2.30. The van der Waals surface area contributed by atoms with E-state index in [1.807, 2.05) is 4.90 Å². The molecule has 0 bridgehead atoms. The molecular formula is C23H31FN4O4S. The van der Waals surface area contributed by atoms with Gasteiger partial charge in [0.1, 0.15) is 11.9 Å². The molecule has 2 aliphatic heterocycles. The standard InChI is InChI=1S/C23H31FN4O4S/c1-2-31-22(29)27-10-8-26(9-11-27)20-7-6-17(13-19(20)24)28-15-18(32-23(28)30)14-25-21(33)12-16-4-3-5-16/h6-7,13,16,18H,2-5,8-12,14-15H2,1H3,(H,25,33)/t18-/m0/s1. The van der Waals surface area contributed by atoms with Crippen LogP contribution < -0.4 is 15.1 Å². The fraction of sp³-hybridized carbons (Fsp3) is 0.609. The number of carbonyl (C=O) groups excluding carboxylic acids is 2. The summed E-state index contributed by atoms with van der Waals surface area (Å²) in [6.07, 6.45) is 3.47. The molecule has 3 aliphatic rings. The number of nitrogens with one attached hydrogen (secondary N) is 1. The summed E-state index contributed by atoms with van der Waals surface area (Å²) in [5.74, 6) is 0.274. The van der Waals surface area contributed by atoms with E-state index < -0.39 is 11.9 Å². The van der Waals surface area contributed by atoms with Crippen molar-refractivity contribution in [3.8, 4) is 0 Å². The molecular weight excluding hydrogens is 447 g/mol. The van der Waals surface area contributed by atoms with E-state index in [0.29, 0.717) is 63.2 Å². The van der Waals surface area contributed by atoms with E-state index in [4.69, 9.17) is 21.7 Å². The van der Waals surface area contributed by atoms with Crippen molar-refractivity contribution in [2.75, 3.05) is 55.7 Å². The maximum atomic E-state index is 14.9. The highest BCUT2D eigenvalue weighted by atomic mass is 32.1. The summed E-state index contributed by atoms with van der Waals surface area (Å²) in [5.41, 5.74) is 0.917. The smallest absolute Gasteiger partial charge is 0.414 e. The fourth-order valence-corrected chi connectivity index (χ4v) is 4.68. The molecule has 10 heteroatoms. The van der Waals surface area contributed by atoms with Crippen LogP contribution >= 0.6 is 12.2 Å². The molecule has 8 nitrogen and oxygen atoms in total. The second kappa shape index (κ2) is 10.5. The predicted octanol–water partition coefficient (Wildman–Crippen LogP) is 3.54. The van der Waals surface area contributed by atoms with Crippen LogP contribution in [-0.4, -0.2) is 74.1 Å². The zero-order valence-electron chi connectivity index (χ0n) is 18.9. The normalized spacial score (nSPS) is 21.0. The fourth-order valence-electron chi connectivity index (χ4n) is 4.36. The molecule has 0 radical (unpaired) electrons. The lowest BCUT2D eigenvalue weighted by Gasteiger charge is -2.35. The molecule has 1 aromatic carbocycles. The SMILES string of the molecule is CCOC(=O)N1CCN(c2ccc(N3C[C@H](CNC(=S)CC4CCC4)OC3=O)cc2F)CC1. The van der Waals surface area contributed by atoms with Gasteiger partial charge in [0.15, 0.2) is 0 Å². The molecule has 0 aromatic heterocycles. The topological polar surface area (TPSA) is 74.3 Å². The number of cyclic esters (lactones) is 1. The zero-order valence-corrected chi connectivity index (χ0v) is 19.7. The Bertz CT molecular complexity index is 889. The van der Waals surface area contributed by atoms with E-state index in [-0.39, 0.29) is 12.2 Å². The minimum Gasteiger partial charge on any atom is -0.450 e. The first-order valence-electron chi connectivity index (χ1n) is 11.7. The summed E-state index contributed by atoms with van der Waals surface area (Å²) in [4.78, 5) is 30.0. The van der Waals surface area contributed by atoms with Gasteiger partial charge in [0.25, 0.3) is 0 Å². The van der Waals surface area contributed by atoms with Gasteiger partial charge in [0.2, 0.25) is 0 Å². The maximum Gasteiger partial charge on any atom is 0.414 e. The Kier molecular flexibility index (Phi) is 7.52. The maximum absolute atomic E-state index is 14.9. The van der Waals surface area contributed by atoms with Gasteiger partial charge in [-0.05, 0) is 31.0 Å². The number of hydrogen-bond acceptors (Lipinski definition) is 6. The summed E-state index contributed by atoms with van der Waals surface area (Å²) in [7, 11) is 0. The first-order chi connectivity index (χ1) is 15.9. The van der Waals surface area contributed by atoms with E-state index in [2.05, 4.69) is 5.32 Å². The van der Waals surface area contributed by atoms with Gasteiger partial charge in [-0.15, -0.1) is 0 Å². The molecule has 1 aromatic rings. The van der Waals surface area contributed by atoms with Crippen molar-refractivity contribution in [1.82, 2.24) is 10.2 Å². The number of anilines is 2. The van der Waals surface area contributed by atoms with Crippen LogP contribution in [0.3, 0.4) is 0 Å². The van der Waals surface area contributed by atoms with Gasteiger partial charge in [-0.25, -0.2) is 14.0 Å². The second-order valence-corrected chi connectivity index (χ2v) is 9.22. The third-order valence-corrected chi connectivity index (χ3v) is 6.80. The van der Waals surface area contributed by atoms with Crippen molar-refractivity contribution in [3.63, 3.8) is 0 Å². The molecule has 0 spiro atoms. The first-order valence-corrected chi connectivity index (χ1v) is 12.1. The molecule has 1 saturated carbocycles. The van der Waals surface area contributed by atoms with Crippen molar-refractivity contribution < 1.29 is 23.5 Å². The minimum absolute atomic E-state index is 0.331. The number of nitrogens with zero attached hydrogens (tertiary/aromatic N) is 3. The van der Waals surface area contributed by atoms with Gasteiger partial charge < -0.3 is 24.6 Å². The van der Waals surface area contributed by atoms with Crippen LogP contribution in [0.25, 0.3) is 0 Å². The molecule has 180 valence electrons. The Morgan fingerprint density at radius 2 is 2.03 bits per heavy atom. The lowest BCUT2D eigenvalue weighted by molar-refractivity contribution is 0.105. The molecule has 2 heterocycles. The molecule has 3 fully saturated rings. The number of thiocarbonyl (C=S) groups is 1. The van der Waals surface area contributed by atoms with Crippen LogP contribution in [0.5, 0.6) is 0 Å². The number of hydrogen-bond donors (Lipinski definition) is 1. The lowest BCUT2D eigenvalue weighted by Crippen LogP contribution is -2.49. The van der Waals surface area contributed by atoms with Crippen LogP contribution in [-0.2, 0) is 9.47 Å². The summed E-state index contributed by atoms with van der Waals surface area (Å²) in [5, 5.41) is 3.21.